The molecule has 0 saturated heterocycles. The van der Waals surface area contributed by atoms with Crippen LogP contribution in [0.3, 0.4) is 0 Å². The van der Waals surface area contributed by atoms with Gasteiger partial charge in [0.15, 0.2) is 0 Å². The number of primary amides is 2. The molecule has 5 amide bonds. The first-order valence-electron chi connectivity index (χ1n) is 11.8. The molecule has 4 atom stereocenters. The van der Waals surface area contributed by atoms with E-state index in [0.717, 1.165) is 5.56 Å². The van der Waals surface area contributed by atoms with Crippen molar-refractivity contribution < 1.29 is 33.9 Å². The molecule has 13 nitrogen and oxygen atoms in total. The lowest BCUT2D eigenvalue weighted by atomic mass is 10.0. The number of nitrogens with one attached hydrogen (secondary N) is 3. The van der Waals surface area contributed by atoms with Gasteiger partial charge in [0, 0.05) is 12.8 Å². The molecule has 0 heterocycles. The van der Waals surface area contributed by atoms with Gasteiger partial charge in [0.2, 0.25) is 29.5 Å². The SMILES string of the molecule is CC(C)C(NC(=O)C(CCC(N)=O)NC(=O)C(N)Cc1ccccc1)C(=O)NC(CCC(N)=O)C(=O)O. The molecule has 4 unspecified atom stereocenters. The molecule has 1 aromatic rings. The Morgan fingerprint density at radius 3 is 1.78 bits per heavy atom. The molecule has 0 aliphatic rings. The van der Waals surface area contributed by atoms with Gasteiger partial charge in [-0.2, -0.15) is 0 Å². The number of amides is 5. The molecule has 0 spiro atoms. The summed E-state index contributed by atoms with van der Waals surface area (Å²) in [4.78, 5) is 72.4. The zero-order chi connectivity index (χ0) is 28.1. The van der Waals surface area contributed by atoms with Gasteiger partial charge in [-0.15, -0.1) is 0 Å². The van der Waals surface area contributed by atoms with Crippen LogP contribution >= 0.6 is 0 Å². The predicted molar refractivity (Wildman–Crippen MR) is 133 cm³/mol. The monoisotopic (exact) mass is 520 g/mol. The minimum atomic E-state index is -1.40. The van der Waals surface area contributed by atoms with Gasteiger partial charge in [-0.25, -0.2) is 4.79 Å². The summed E-state index contributed by atoms with van der Waals surface area (Å²) in [6, 6.07) is 4.18. The second-order valence-corrected chi connectivity index (χ2v) is 9.00. The molecule has 0 fully saturated rings. The number of rotatable bonds is 16. The molecule has 0 saturated carbocycles. The van der Waals surface area contributed by atoms with E-state index in [1.165, 1.54) is 0 Å². The number of carboxylic acids is 1. The van der Waals surface area contributed by atoms with Crippen LogP contribution in [0.1, 0.15) is 45.1 Å². The van der Waals surface area contributed by atoms with Crippen LogP contribution in [0.2, 0.25) is 0 Å². The van der Waals surface area contributed by atoms with Crippen molar-refractivity contribution in [1.82, 2.24) is 16.0 Å². The second-order valence-electron chi connectivity index (χ2n) is 9.00. The zero-order valence-electron chi connectivity index (χ0n) is 20.9. The summed E-state index contributed by atoms with van der Waals surface area (Å²) < 4.78 is 0. The van der Waals surface area contributed by atoms with E-state index in [-0.39, 0.29) is 32.1 Å². The average Bonchev–Trinajstić information content (AvgIpc) is 2.82. The summed E-state index contributed by atoms with van der Waals surface area (Å²) in [5.41, 5.74) is 17.1. The van der Waals surface area contributed by atoms with Gasteiger partial charge in [-0.3, -0.25) is 24.0 Å². The van der Waals surface area contributed by atoms with Crippen LogP contribution in [0.25, 0.3) is 0 Å². The third-order valence-electron chi connectivity index (χ3n) is 5.49. The average molecular weight is 521 g/mol. The maximum absolute atomic E-state index is 13.0. The Bertz CT molecular complexity index is 970. The highest BCUT2D eigenvalue weighted by molar-refractivity contribution is 5.94. The van der Waals surface area contributed by atoms with Gasteiger partial charge >= 0.3 is 5.97 Å². The summed E-state index contributed by atoms with van der Waals surface area (Å²) >= 11 is 0. The fourth-order valence-electron chi connectivity index (χ4n) is 3.39. The van der Waals surface area contributed by atoms with Crippen LogP contribution in [0.4, 0.5) is 0 Å². The summed E-state index contributed by atoms with van der Waals surface area (Å²) in [6.07, 6.45) is -0.658. The largest absolute Gasteiger partial charge is 0.480 e. The van der Waals surface area contributed by atoms with Crippen LogP contribution in [0.15, 0.2) is 30.3 Å². The maximum Gasteiger partial charge on any atom is 0.326 e. The lowest BCUT2D eigenvalue weighted by molar-refractivity contribution is -0.143. The Labute approximate surface area is 214 Å². The molecule has 10 N–H and O–H groups in total. The van der Waals surface area contributed by atoms with Crippen molar-refractivity contribution in [3.05, 3.63) is 35.9 Å². The number of aliphatic carboxylic acids is 1. The number of carboxylic acid groups (broad SMARTS) is 1. The van der Waals surface area contributed by atoms with Gasteiger partial charge in [0.1, 0.15) is 18.1 Å². The van der Waals surface area contributed by atoms with E-state index in [1.807, 2.05) is 6.07 Å². The smallest absolute Gasteiger partial charge is 0.326 e. The van der Waals surface area contributed by atoms with E-state index >= 15 is 0 Å². The number of benzene rings is 1. The number of hydrogen-bond acceptors (Lipinski definition) is 7. The molecule has 0 aliphatic carbocycles. The van der Waals surface area contributed by atoms with Gasteiger partial charge in [-0.05, 0) is 30.7 Å². The fraction of sp³-hybridized carbons (Fsp3) is 0.500. The van der Waals surface area contributed by atoms with Crippen molar-refractivity contribution in [2.24, 2.45) is 23.1 Å². The third kappa shape index (κ3) is 11.5. The third-order valence-corrected chi connectivity index (χ3v) is 5.49. The van der Waals surface area contributed by atoms with E-state index in [1.54, 1.807) is 38.1 Å². The van der Waals surface area contributed by atoms with Crippen molar-refractivity contribution in [3.63, 3.8) is 0 Å². The Morgan fingerprint density at radius 2 is 1.30 bits per heavy atom. The number of carbonyl (C=O) groups is 6. The highest BCUT2D eigenvalue weighted by Gasteiger charge is 2.32. The van der Waals surface area contributed by atoms with Crippen molar-refractivity contribution in [2.75, 3.05) is 0 Å². The lowest BCUT2D eigenvalue weighted by Gasteiger charge is -2.27. The molecule has 37 heavy (non-hydrogen) atoms. The molecule has 1 rings (SSSR count). The van der Waals surface area contributed by atoms with Crippen LogP contribution in [0.5, 0.6) is 0 Å². The maximum atomic E-state index is 13.0. The molecule has 1 aromatic carbocycles. The van der Waals surface area contributed by atoms with Crippen LogP contribution < -0.4 is 33.2 Å². The van der Waals surface area contributed by atoms with E-state index in [2.05, 4.69) is 16.0 Å². The van der Waals surface area contributed by atoms with E-state index in [0.29, 0.717) is 0 Å². The molecule has 0 bridgehead atoms. The quantitative estimate of drug-likeness (QED) is 0.132. The topological polar surface area (TPSA) is 237 Å². The molecule has 0 aliphatic heterocycles. The molecule has 13 heteroatoms. The van der Waals surface area contributed by atoms with Gasteiger partial charge in [0.25, 0.3) is 0 Å². The van der Waals surface area contributed by atoms with Crippen molar-refractivity contribution in [3.8, 4) is 0 Å². The first kappa shape index (κ1) is 31.0. The second kappa shape index (κ2) is 15.2. The molecule has 0 aromatic heterocycles. The number of nitrogens with two attached hydrogens (primary N) is 3. The van der Waals surface area contributed by atoms with Crippen LogP contribution in [-0.4, -0.2) is 64.8 Å². The van der Waals surface area contributed by atoms with E-state index in [4.69, 9.17) is 17.2 Å². The van der Waals surface area contributed by atoms with E-state index in [9.17, 15) is 33.9 Å². The summed E-state index contributed by atoms with van der Waals surface area (Å²) in [7, 11) is 0. The van der Waals surface area contributed by atoms with E-state index < -0.39 is 65.6 Å². The first-order chi connectivity index (χ1) is 17.3. The lowest BCUT2D eigenvalue weighted by Crippen LogP contribution is -2.58. The van der Waals surface area contributed by atoms with Crippen molar-refractivity contribution in [2.45, 2.75) is 70.1 Å². The molecule has 204 valence electrons. The van der Waals surface area contributed by atoms with Crippen molar-refractivity contribution >= 4 is 35.5 Å². The first-order valence-corrected chi connectivity index (χ1v) is 11.8. The minimum absolute atomic E-state index is 0.145. The Hall–Kier alpha value is -4.00. The van der Waals surface area contributed by atoms with Crippen LogP contribution in [-0.2, 0) is 35.2 Å². The Kier molecular flexibility index (Phi) is 12.7. The minimum Gasteiger partial charge on any atom is -0.480 e. The zero-order valence-corrected chi connectivity index (χ0v) is 20.9. The highest BCUT2D eigenvalue weighted by Crippen LogP contribution is 2.08. The fourth-order valence-corrected chi connectivity index (χ4v) is 3.39. The summed E-state index contributed by atoms with van der Waals surface area (Å²) in [6.45, 7) is 3.24. The predicted octanol–water partition coefficient (Wildman–Crippen LogP) is -1.72. The van der Waals surface area contributed by atoms with Gasteiger partial charge in [-0.1, -0.05) is 44.2 Å². The van der Waals surface area contributed by atoms with Gasteiger partial charge < -0.3 is 38.3 Å². The molecule has 0 radical (unpaired) electrons. The number of carbonyl (C=O) groups excluding carboxylic acids is 5. The van der Waals surface area contributed by atoms with Crippen LogP contribution in [0, 0.1) is 5.92 Å². The summed E-state index contributed by atoms with van der Waals surface area (Å²) in [5, 5.41) is 16.6. The Balaban J connectivity index is 2.95. The standard InChI is InChI=1S/C24H36N6O7/c1-13(2)20(23(35)29-17(24(36)37)9-11-19(27)32)30-22(34)16(8-10-18(26)31)28-21(33)15(25)12-14-6-4-3-5-7-14/h3-7,13,15-17,20H,8-12,25H2,1-2H3,(H2,26,31)(H2,27,32)(H,28,33)(H,29,35)(H,30,34)(H,36,37). The summed E-state index contributed by atoms with van der Waals surface area (Å²) in [5.74, 6) is -5.51. The molecular formula is C24H36N6O7. The highest BCUT2D eigenvalue weighted by atomic mass is 16.4. The Morgan fingerprint density at radius 1 is 0.784 bits per heavy atom. The van der Waals surface area contributed by atoms with Gasteiger partial charge in [0.05, 0.1) is 6.04 Å². The normalized spacial score (nSPS) is 14.1. The van der Waals surface area contributed by atoms with Crippen molar-refractivity contribution in [1.29, 1.82) is 0 Å². The number of hydrogen-bond donors (Lipinski definition) is 7. The molecular weight excluding hydrogens is 484 g/mol.